The summed E-state index contributed by atoms with van der Waals surface area (Å²) in [5.41, 5.74) is 0. The van der Waals surface area contributed by atoms with Gasteiger partial charge in [0.15, 0.2) is 6.54 Å². The Balaban J connectivity index is 4.29. The Kier molecular flexibility index (Phi) is 4.34. The van der Waals surface area contributed by atoms with Gasteiger partial charge in [0, 0.05) is 0 Å². The Morgan fingerprint density at radius 1 is 1.46 bits per heavy atom. The van der Waals surface area contributed by atoms with Crippen LogP contribution in [-0.2, 0) is 14.3 Å². The summed E-state index contributed by atoms with van der Waals surface area (Å²) in [4.78, 5) is 22.3. The number of esters is 1. The van der Waals surface area contributed by atoms with Crippen LogP contribution in [0.2, 0.25) is 0 Å². The van der Waals surface area contributed by atoms with Crippen LogP contribution in [0.1, 0.15) is 6.42 Å². The average molecular weight is 186 g/mol. The van der Waals surface area contributed by atoms with E-state index >= 15 is 0 Å². The van der Waals surface area contributed by atoms with Gasteiger partial charge in [-0.3, -0.25) is 4.48 Å². The van der Waals surface area contributed by atoms with E-state index in [0.717, 1.165) is 0 Å². The van der Waals surface area contributed by atoms with Crippen molar-refractivity contribution in [3.05, 3.63) is 12.7 Å². The SMILES string of the molecule is C=CCC(=O)[N+](C)(C)CC(=O)OC. The molecular weight excluding hydrogens is 170 g/mol. The van der Waals surface area contributed by atoms with Crippen LogP contribution < -0.4 is 0 Å². The molecule has 0 aromatic heterocycles. The van der Waals surface area contributed by atoms with Crippen LogP contribution in [0.5, 0.6) is 0 Å². The fourth-order valence-electron chi connectivity index (χ4n) is 0.846. The quantitative estimate of drug-likeness (QED) is 0.361. The number of likely N-dealkylation sites (N-methyl/N-ethyl adjacent to an activating group) is 1. The van der Waals surface area contributed by atoms with Gasteiger partial charge < -0.3 is 4.74 Å². The molecule has 4 heteroatoms. The van der Waals surface area contributed by atoms with E-state index in [1.165, 1.54) is 13.2 Å². The molecule has 0 bridgehead atoms. The third-order valence-electron chi connectivity index (χ3n) is 1.75. The molecule has 0 aliphatic heterocycles. The Morgan fingerprint density at radius 3 is 2.38 bits per heavy atom. The van der Waals surface area contributed by atoms with E-state index in [9.17, 15) is 9.59 Å². The summed E-state index contributed by atoms with van der Waals surface area (Å²) < 4.78 is 4.48. The van der Waals surface area contributed by atoms with E-state index in [1.807, 2.05) is 0 Å². The second kappa shape index (κ2) is 4.77. The molecule has 0 aliphatic carbocycles. The van der Waals surface area contributed by atoms with Gasteiger partial charge in [-0.05, 0) is 0 Å². The minimum absolute atomic E-state index is 0.00130. The highest BCUT2D eigenvalue weighted by atomic mass is 16.5. The number of amides is 1. The number of hydrogen-bond acceptors (Lipinski definition) is 3. The van der Waals surface area contributed by atoms with Gasteiger partial charge in [0.1, 0.15) is 0 Å². The largest absolute Gasteiger partial charge is 0.465 e. The highest BCUT2D eigenvalue weighted by Gasteiger charge is 2.28. The lowest BCUT2D eigenvalue weighted by Gasteiger charge is -2.24. The Hall–Kier alpha value is -1.16. The molecule has 0 unspecified atom stereocenters. The molecule has 0 N–H and O–H groups in total. The smallest absolute Gasteiger partial charge is 0.362 e. The number of rotatable bonds is 4. The Bertz CT molecular complexity index is 221. The van der Waals surface area contributed by atoms with Crippen LogP contribution in [0.25, 0.3) is 0 Å². The minimum atomic E-state index is -0.387. The molecule has 1 amide bonds. The first-order chi connectivity index (χ1) is 5.94. The lowest BCUT2D eigenvalue weighted by Crippen LogP contribution is -2.48. The van der Waals surface area contributed by atoms with Crippen molar-refractivity contribution < 1.29 is 18.8 Å². The van der Waals surface area contributed by atoms with E-state index in [4.69, 9.17) is 0 Å². The van der Waals surface area contributed by atoms with Crippen LogP contribution in [0.3, 0.4) is 0 Å². The first kappa shape index (κ1) is 11.8. The molecule has 0 spiro atoms. The molecule has 0 aromatic carbocycles. The topological polar surface area (TPSA) is 43.4 Å². The predicted molar refractivity (Wildman–Crippen MR) is 48.8 cm³/mol. The van der Waals surface area contributed by atoms with Gasteiger partial charge in [0.25, 0.3) is 0 Å². The minimum Gasteiger partial charge on any atom is -0.465 e. The number of methoxy groups -OCH3 is 1. The van der Waals surface area contributed by atoms with Gasteiger partial charge in [-0.25, -0.2) is 9.59 Å². The summed E-state index contributed by atoms with van der Waals surface area (Å²) in [6, 6.07) is 0. The molecule has 0 atom stereocenters. The van der Waals surface area contributed by atoms with Crippen LogP contribution in [-0.4, -0.2) is 44.1 Å². The first-order valence-corrected chi connectivity index (χ1v) is 3.98. The standard InChI is InChI=1S/C9H16NO3/c1-5-6-8(11)10(2,3)7-9(12)13-4/h5H,1,6-7H2,2-4H3/q+1. The Morgan fingerprint density at radius 2 is 2.00 bits per heavy atom. The third-order valence-corrected chi connectivity index (χ3v) is 1.75. The summed E-state index contributed by atoms with van der Waals surface area (Å²) in [5.74, 6) is -0.442. The number of ether oxygens (including phenoxy) is 1. The molecule has 13 heavy (non-hydrogen) atoms. The molecule has 0 radical (unpaired) electrons. The number of nitrogens with zero attached hydrogens (tertiary/aromatic N) is 1. The Labute approximate surface area is 78.4 Å². The maximum absolute atomic E-state index is 11.4. The third kappa shape index (κ3) is 3.85. The summed E-state index contributed by atoms with van der Waals surface area (Å²) in [5, 5.41) is 0. The zero-order chi connectivity index (χ0) is 10.5. The van der Waals surface area contributed by atoms with E-state index < -0.39 is 0 Å². The van der Waals surface area contributed by atoms with Crippen LogP contribution in [0.15, 0.2) is 12.7 Å². The highest BCUT2D eigenvalue weighted by Crippen LogP contribution is 2.02. The van der Waals surface area contributed by atoms with Gasteiger partial charge in [-0.2, -0.15) is 0 Å². The van der Waals surface area contributed by atoms with Crippen molar-refractivity contribution in [3.8, 4) is 0 Å². The zero-order valence-corrected chi connectivity index (χ0v) is 8.37. The molecule has 4 nitrogen and oxygen atoms in total. The number of hydrogen-bond donors (Lipinski definition) is 0. The lowest BCUT2D eigenvalue weighted by molar-refractivity contribution is -0.806. The molecule has 0 rings (SSSR count). The van der Waals surface area contributed by atoms with Gasteiger partial charge in [-0.15, -0.1) is 6.58 Å². The second-order valence-electron chi connectivity index (χ2n) is 3.31. The molecule has 0 saturated carbocycles. The van der Waals surface area contributed by atoms with Crippen molar-refractivity contribution in [2.75, 3.05) is 27.7 Å². The number of carbonyl (C=O) groups is 2. The summed E-state index contributed by atoms with van der Waals surface area (Å²) in [7, 11) is 4.64. The van der Waals surface area contributed by atoms with Crippen molar-refractivity contribution in [3.63, 3.8) is 0 Å². The van der Waals surface area contributed by atoms with Crippen molar-refractivity contribution >= 4 is 11.9 Å². The fraction of sp³-hybridized carbons (Fsp3) is 0.556. The van der Waals surface area contributed by atoms with E-state index in [1.54, 1.807) is 14.1 Å². The molecule has 0 fully saturated rings. The lowest BCUT2D eigenvalue weighted by atomic mass is 10.3. The fourth-order valence-corrected chi connectivity index (χ4v) is 0.846. The molecular formula is C9H16NO3+. The number of quaternary nitrogens is 1. The summed E-state index contributed by atoms with van der Waals surface area (Å²) in [6.45, 7) is 3.53. The van der Waals surface area contributed by atoms with E-state index in [0.29, 0.717) is 0 Å². The predicted octanol–water partition coefficient (Wildman–Crippen LogP) is 0.338. The summed E-state index contributed by atoms with van der Waals surface area (Å²) >= 11 is 0. The van der Waals surface area contributed by atoms with E-state index in [2.05, 4.69) is 11.3 Å². The summed E-state index contributed by atoms with van der Waals surface area (Å²) in [6.07, 6.45) is 1.80. The van der Waals surface area contributed by atoms with Gasteiger partial charge >= 0.3 is 11.9 Å². The molecule has 0 aromatic rings. The first-order valence-electron chi connectivity index (χ1n) is 3.98. The van der Waals surface area contributed by atoms with Crippen LogP contribution >= 0.6 is 0 Å². The van der Waals surface area contributed by atoms with Crippen molar-refractivity contribution in [2.45, 2.75) is 6.42 Å². The van der Waals surface area contributed by atoms with E-state index in [-0.39, 0.29) is 29.3 Å². The number of carbonyl (C=O) groups excluding carboxylic acids is 2. The maximum atomic E-state index is 11.4. The highest BCUT2D eigenvalue weighted by molar-refractivity contribution is 5.76. The maximum Gasteiger partial charge on any atom is 0.362 e. The average Bonchev–Trinajstić information content (AvgIpc) is 2.04. The van der Waals surface area contributed by atoms with Crippen molar-refractivity contribution in [1.29, 1.82) is 0 Å². The van der Waals surface area contributed by atoms with Crippen molar-refractivity contribution in [1.82, 2.24) is 0 Å². The monoisotopic (exact) mass is 186 g/mol. The normalized spacial score (nSPS) is 10.7. The van der Waals surface area contributed by atoms with Gasteiger partial charge in [0.05, 0.1) is 27.6 Å². The zero-order valence-electron chi connectivity index (χ0n) is 8.37. The van der Waals surface area contributed by atoms with Gasteiger partial charge in [0.2, 0.25) is 0 Å². The van der Waals surface area contributed by atoms with Gasteiger partial charge in [-0.1, -0.05) is 6.08 Å². The molecule has 0 saturated heterocycles. The second-order valence-corrected chi connectivity index (χ2v) is 3.31. The molecule has 74 valence electrons. The van der Waals surface area contributed by atoms with Crippen molar-refractivity contribution in [2.24, 2.45) is 0 Å². The van der Waals surface area contributed by atoms with Crippen LogP contribution in [0, 0.1) is 0 Å². The molecule has 0 heterocycles. The molecule has 0 aliphatic rings. The van der Waals surface area contributed by atoms with Crippen LogP contribution in [0.4, 0.5) is 0 Å².